The molecule has 7 nitrogen and oxygen atoms in total. The van der Waals surface area contributed by atoms with E-state index in [0.717, 1.165) is 0 Å². The fourth-order valence-corrected chi connectivity index (χ4v) is 2.60. The number of nitrogen functional groups attached to an aromatic ring is 1. The van der Waals surface area contributed by atoms with Gasteiger partial charge in [-0.1, -0.05) is 11.6 Å². The van der Waals surface area contributed by atoms with Crippen molar-refractivity contribution in [1.29, 1.82) is 0 Å². The Kier molecular flexibility index (Phi) is 3.54. The average molecular weight is 300 g/mol. The summed E-state index contributed by atoms with van der Waals surface area (Å²) in [6.07, 6.45) is 2.65. The Morgan fingerprint density at radius 2 is 2.05 bits per heavy atom. The third-order valence-corrected chi connectivity index (χ3v) is 4.08. The van der Waals surface area contributed by atoms with Crippen LogP contribution in [0.3, 0.4) is 0 Å². The molecule has 3 N–H and O–H groups in total. The highest BCUT2D eigenvalue weighted by atomic mass is 35.5. The van der Waals surface area contributed by atoms with E-state index in [0.29, 0.717) is 11.3 Å². The number of hydrogen-bond acceptors (Lipinski definition) is 6. The molecule has 0 radical (unpaired) electrons. The quantitative estimate of drug-likeness (QED) is 0.824. The third-order valence-electron chi connectivity index (χ3n) is 2.38. The highest BCUT2D eigenvalue weighted by Crippen LogP contribution is 2.26. The van der Waals surface area contributed by atoms with E-state index in [-0.39, 0.29) is 15.9 Å². The van der Waals surface area contributed by atoms with E-state index < -0.39 is 10.0 Å². The van der Waals surface area contributed by atoms with Crippen LogP contribution < -0.4 is 10.5 Å². The zero-order chi connectivity index (χ0) is 14.0. The second-order valence-electron chi connectivity index (χ2n) is 3.69. The van der Waals surface area contributed by atoms with Gasteiger partial charge in [0.25, 0.3) is 16.0 Å². The van der Waals surface area contributed by atoms with E-state index in [4.69, 9.17) is 17.3 Å². The Bertz CT molecular complexity index is 682. The smallest absolute Gasteiger partial charge is 0.264 e. The molecule has 2 aromatic rings. The van der Waals surface area contributed by atoms with Gasteiger partial charge in [0, 0.05) is 10.7 Å². The summed E-state index contributed by atoms with van der Waals surface area (Å²) in [6, 6.07) is 2.63. The molecule has 0 aliphatic rings. The summed E-state index contributed by atoms with van der Waals surface area (Å²) >= 11 is 5.91. The van der Waals surface area contributed by atoms with Crippen molar-refractivity contribution in [1.82, 2.24) is 15.2 Å². The SMILES string of the molecule is Cc1c(N)cc(S(=O)(=O)Nc2nccnn2)cc1Cl. The summed E-state index contributed by atoms with van der Waals surface area (Å²) in [5, 5.41) is 7.33. The molecule has 0 spiro atoms. The molecule has 0 aliphatic carbocycles. The fourth-order valence-electron chi connectivity index (χ4n) is 1.30. The van der Waals surface area contributed by atoms with Gasteiger partial charge in [-0.25, -0.2) is 18.1 Å². The van der Waals surface area contributed by atoms with E-state index in [1.165, 1.54) is 24.5 Å². The van der Waals surface area contributed by atoms with E-state index in [2.05, 4.69) is 19.9 Å². The van der Waals surface area contributed by atoms with Gasteiger partial charge < -0.3 is 5.73 Å². The van der Waals surface area contributed by atoms with Crippen molar-refractivity contribution in [2.45, 2.75) is 11.8 Å². The molecule has 1 aromatic carbocycles. The van der Waals surface area contributed by atoms with Crippen LogP contribution >= 0.6 is 11.6 Å². The largest absolute Gasteiger partial charge is 0.398 e. The number of aromatic nitrogens is 3. The van der Waals surface area contributed by atoms with E-state index >= 15 is 0 Å². The van der Waals surface area contributed by atoms with Crippen molar-refractivity contribution >= 4 is 33.3 Å². The van der Waals surface area contributed by atoms with Crippen LogP contribution in [0.25, 0.3) is 0 Å². The lowest BCUT2D eigenvalue weighted by atomic mass is 10.2. The van der Waals surface area contributed by atoms with Crippen molar-refractivity contribution in [2.75, 3.05) is 10.5 Å². The van der Waals surface area contributed by atoms with E-state index in [1.807, 2.05) is 0 Å². The van der Waals surface area contributed by atoms with Gasteiger partial charge in [-0.15, -0.1) is 5.10 Å². The lowest BCUT2D eigenvalue weighted by Gasteiger charge is -2.09. The van der Waals surface area contributed by atoms with Gasteiger partial charge in [0.15, 0.2) is 0 Å². The predicted octanol–water partition coefficient (Wildman–Crippen LogP) is 1.22. The first-order valence-electron chi connectivity index (χ1n) is 5.12. The lowest BCUT2D eigenvalue weighted by Crippen LogP contribution is -2.15. The molecule has 0 saturated heterocycles. The monoisotopic (exact) mass is 299 g/mol. The minimum absolute atomic E-state index is 0.0620. The number of halogens is 1. The zero-order valence-corrected chi connectivity index (χ0v) is 11.4. The molecule has 0 saturated carbocycles. The molecule has 2 rings (SSSR count). The molecular formula is C10H10ClN5O2S. The van der Waals surface area contributed by atoms with Crippen LogP contribution in [0.4, 0.5) is 11.6 Å². The average Bonchev–Trinajstić information content (AvgIpc) is 2.36. The summed E-state index contributed by atoms with van der Waals surface area (Å²) in [6.45, 7) is 1.70. The van der Waals surface area contributed by atoms with Crippen molar-refractivity contribution in [2.24, 2.45) is 0 Å². The molecule has 19 heavy (non-hydrogen) atoms. The first-order chi connectivity index (χ1) is 8.90. The molecule has 0 fully saturated rings. The maximum absolute atomic E-state index is 12.1. The number of nitrogens with two attached hydrogens (primary N) is 1. The first kappa shape index (κ1) is 13.5. The molecule has 1 heterocycles. The van der Waals surface area contributed by atoms with Gasteiger partial charge in [-0.05, 0) is 24.6 Å². The Morgan fingerprint density at radius 3 is 2.63 bits per heavy atom. The number of anilines is 2. The third kappa shape index (κ3) is 2.91. The number of sulfonamides is 1. The summed E-state index contributed by atoms with van der Waals surface area (Å²) in [4.78, 5) is 3.66. The summed E-state index contributed by atoms with van der Waals surface area (Å²) in [5.74, 6) is -0.127. The number of nitrogens with one attached hydrogen (secondary N) is 1. The Morgan fingerprint density at radius 1 is 1.32 bits per heavy atom. The molecule has 0 atom stereocenters. The minimum Gasteiger partial charge on any atom is -0.398 e. The van der Waals surface area contributed by atoms with Crippen LogP contribution in [0.5, 0.6) is 0 Å². The Hall–Kier alpha value is -1.93. The molecule has 0 amide bonds. The van der Waals surface area contributed by atoms with Crippen molar-refractivity contribution in [3.05, 3.63) is 35.1 Å². The maximum atomic E-state index is 12.1. The van der Waals surface area contributed by atoms with Crippen molar-refractivity contribution in [3.63, 3.8) is 0 Å². The van der Waals surface area contributed by atoms with Crippen LogP contribution in [0, 0.1) is 6.92 Å². The van der Waals surface area contributed by atoms with Gasteiger partial charge in [-0.3, -0.25) is 0 Å². The van der Waals surface area contributed by atoms with Crippen molar-refractivity contribution in [3.8, 4) is 0 Å². The zero-order valence-electron chi connectivity index (χ0n) is 9.83. The van der Waals surface area contributed by atoms with Crippen LogP contribution in [0.2, 0.25) is 5.02 Å². The summed E-state index contributed by atoms with van der Waals surface area (Å²) in [7, 11) is -3.85. The van der Waals surface area contributed by atoms with Crippen molar-refractivity contribution < 1.29 is 8.42 Å². The fraction of sp³-hybridized carbons (Fsp3) is 0.100. The van der Waals surface area contributed by atoms with E-state index in [1.54, 1.807) is 6.92 Å². The second-order valence-corrected chi connectivity index (χ2v) is 5.78. The number of benzene rings is 1. The van der Waals surface area contributed by atoms with Gasteiger partial charge in [0.1, 0.15) is 0 Å². The van der Waals surface area contributed by atoms with Gasteiger partial charge in [0.05, 0.1) is 17.3 Å². The van der Waals surface area contributed by atoms with Gasteiger partial charge >= 0.3 is 0 Å². The van der Waals surface area contributed by atoms with Crippen LogP contribution in [-0.2, 0) is 10.0 Å². The highest BCUT2D eigenvalue weighted by molar-refractivity contribution is 7.92. The van der Waals surface area contributed by atoms with Gasteiger partial charge in [-0.2, -0.15) is 5.10 Å². The molecular weight excluding hydrogens is 290 g/mol. The lowest BCUT2D eigenvalue weighted by molar-refractivity contribution is 0.600. The number of hydrogen-bond donors (Lipinski definition) is 2. The van der Waals surface area contributed by atoms with Gasteiger partial charge in [0.2, 0.25) is 0 Å². The topological polar surface area (TPSA) is 111 Å². The normalized spacial score (nSPS) is 11.3. The van der Waals surface area contributed by atoms with Crippen LogP contribution in [0.15, 0.2) is 29.4 Å². The standard InChI is InChI=1S/C10H10ClN5O2S/c1-6-8(11)4-7(5-9(6)12)19(17,18)16-10-13-2-3-14-15-10/h2-5H,12H2,1H3,(H,13,15,16). The van der Waals surface area contributed by atoms with Crippen LogP contribution in [0.1, 0.15) is 5.56 Å². The summed E-state index contributed by atoms with van der Waals surface area (Å²) < 4.78 is 26.4. The van der Waals surface area contributed by atoms with E-state index in [9.17, 15) is 8.42 Å². The summed E-state index contributed by atoms with van der Waals surface area (Å²) in [5.41, 5.74) is 6.61. The number of nitrogens with zero attached hydrogens (tertiary/aromatic N) is 3. The molecule has 0 bridgehead atoms. The number of rotatable bonds is 3. The highest BCUT2D eigenvalue weighted by Gasteiger charge is 2.18. The van der Waals surface area contributed by atoms with Crippen LogP contribution in [-0.4, -0.2) is 23.6 Å². The molecule has 100 valence electrons. The molecule has 9 heteroatoms. The first-order valence-corrected chi connectivity index (χ1v) is 6.98. The molecule has 1 aromatic heterocycles. The predicted molar refractivity (Wildman–Crippen MR) is 71.2 cm³/mol. The Balaban J connectivity index is 2.40. The maximum Gasteiger partial charge on any atom is 0.264 e. The molecule has 0 aliphatic heterocycles. The minimum atomic E-state index is -3.85. The second kappa shape index (κ2) is 4.98. The molecule has 0 unspecified atom stereocenters. The Labute approximate surface area is 114 Å².